The normalized spacial score (nSPS) is 31.7. The van der Waals surface area contributed by atoms with Gasteiger partial charge in [-0.05, 0) is 37.7 Å². The molecule has 3 N–H and O–H groups in total. The van der Waals surface area contributed by atoms with Crippen molar-refractivity contribution < 1.29 is 14.7 Å². The summed E-state index contributed by atoms with van der Waals surface area (Å²) >= 11 is 1.67. The van der Waals surface area contributed by atoms with Gasteiger partial charge in [-0.1, -0.05) is 0 Å². The van der Waals surface area contributed by atoms with E-state index in [9.17, 15) is 9.59 Å². The van der Waals surface area contributed by atoms with Gasteiger partial charge >= 0.3 is 5.97 Å². The van der Waals surface area contributed by atoms with Crippen LogP contribution in [0.4, 0.5) is 0 Å². The molecule has 102 valence electrons. The van der Waals surface area contributed by atoms with Crippen molar-refractivity contribution in [2.45, 2.75) is 43.8 Å². The van der Waals surface area contributed by atoms with E-state index in [2.05, 4.69) is 0 Å². The number of thioether (sulfide) groups is 1. The lowest BCUT2D eigenvalue weighted by Crippen LogP contribution is -2.47. The third kappa shape index (κ3) is 2.36. The summed E-state index contributed by atoms with van der Waals surface area (Å²) in [6, 6.07) is -0.502. The summed E-state index contributed by atoms with van der Waals surface area (Å²) in [6.07, 6.45) is 4.98. The second-order valence-corrected chi connectivity index (χ2v) is 6.10. The van der Waals surface area contributed by atoms with Gasteiger partial charge in [0.15, 0.2) is 0 Å². The minimum absolute atomic E-state index is 0.0553. The second-order valence-electron chi connectivity index (χ2n) is 5.11. The highest BCUT2D eigenvalue weighted by molar-refractivity contribution is 7.98. The molecule has 6 heteroatoms. The first-order valence-corrected chi connectivity index (χ1v) is 7.75. The van der Waals surface area contributed by atoms with Gasteiger partial charge in [0.2, 0.25) is 5.91 Å². The quantitative estimate of drug-likeness (QED) is 0.763. The zero-order valence-electron chi connectivity index (χ0n) is 10.5. The van der Waals surface area contributed by atoms with E-state index in [1.807, 2.05) is 6.26 Å². The fourth-order valence-corrected chi connectivity index (χ4v) is 3.65. The van der Waals surface area contributed by atoms with Crippen LogP contribution in [0, 0.1) is 5.92 Å². The van der Waals surface area contributed by atoms with Crippen molar-refractivity contribution in [1.29, 1.82) is 0 Å². The van der Waals surface area contributed by atoms with Gasteiger partial charge in [-0.3, -0.25) is 9.59 Å². The summed E-state index contributed by atoms with van der Waals surface area (Å²) in [6.45, 7) is 0. The van der Waals surface area contributed by atoms with E-state index in [1.165, 1.54) is 0 Å². The highest BCUT2D eigenvalue weighted by Crippen LogP contribution is 2.42. The molecule has 2 bridgehead atoms. The van der Waals surface area contributed by atoms with Crippen LogP contribution in [-0.2, 0) is 9.59 Å². The first-order chi connectivity index (χ1) is 8.56. The molecule has 2 aliphatic rings. The molecule has 2 aliphatic heterocycles. The first kappa shape index (κ1) is 13.7. The molecule has 0 aliphatic carbocycles. The molecule has 0 aromatic heterocycles. The number of hydrogen-bond donors (Lipinski definition) is 2. The van der Waals surface area contributed by atoms with Crippen LogP contribution in [-0.4, -0.2) is 52.0 Å². The second kappa shape index (κ2) is 5.48. The van der Waals surface area contributed by atoms with Gasteiger partial charge in [0.05, 0.1) is 12.0 Å². The molecule has 18 heavy (non-hydrogen) atoms. The third-order valence-corrected chi connectivity index (χ3v) is 4.70. The number of aliphatic carboxylic acids is 1. The standard InChI is InChI=1S/C12H20N2O3S/c1-18-5-4-9(13)11(15)14-7-2-3-10(14)8(6-7)12(16)17/h7-10H,2-6,13H2,1H3,(H,16,17)/t7?,8?,9-,10?/m0/s1. The highest BCUT2D eigenvalue weighted by Gasteiger charge is 2.51. The summed E-state index contributed by atoms with van der Waals surface area (Å²) in [5.74, 6) is -0.364. The van der Waals surface area contributed by atoms with Crippen molar-refractivity contribution in [3.05, 3.63) is 0 Å². The van der Waals surface area contributed by atoms with Crippen molar-refractivity contribution in [3.63, 3.8) is 0 Å². The Morgan fingerprint density at radius 3 is 2.78 bits per heavy atom. The van der Waals surface area contributed by atoms with Gasteiger partial charge in [-0.15, -0.1) is 0 Å². The third-order valence-electron chi connectivity index (χ3n) is 4.06. The Balaban J connectivity index is 2.01. The van der Waals surface area contributed by atoms with Crippen LogP contribution in [0.2, 0.25) is 0 Å². The van der Waals surface area contributed by atoms with E-state index in [0.717, 1.165) is 18.6 Å². The molecule has 0 saturated carbocycles. The Morgan fingerprint density at radius 1 is 1.50 bits per heavy atom. The lowest BCUT2D eigenvalue weighted by Gasteiger charge is -2.26. The number of hydrogen-bond acceptors (Lipinski definition) is 4. The van der Waals surface area contributed by atoms with Crippen LogP contribution < -0.4 is 5.73 Å². The number of nitrogens with zero attached hydrogens (tertiary/aromatic N) is 1. The van der Waals surface area contributed by atoms with Crippen LogP contribution in [0.3, 0.4) is 0 Å². The van der Waals surface area contributed by atoms with Crippen LogP contribution in [0.25, 0.3) is 0 Å². The number of carboxylic acid groups (broad SMARTS) is 1. The fraction of sp³-hybridized carbons (Fsp3) is 0.833. The molecule has 2 heterocycles. The Morgan fingerprint density at radius 2 is 2.22 bits per heavy atom. The van der Waals surface area contributed by atoms with Crippen LogP contribution in [0.5, 0.6) is 0 Å². The molecule has 5 nitrogen and oxygen atoms in total. The summed E-state index contributed by atoms with van der Waals surface area (Å²) in [4.78, 5) is 25.2. The Kier molecular flexibility index (Phi) is 4.17. The van der Waals surface area contributed by atoms with Crippen molar-refractivity contribution in [2.75, 3.05) is 12.0 Å². The molecular weight excluding hydrogens is 252 g/mol. The average Bonchev–Trinajstić information content (AvgIpc) is 2.92. The molecule has 4 atom stereocenters. The Labute approximate surface area is 111 Å². The van der Waals surface area contributed by atoms with E-state index in [-0.39, 0.29) is 23.9 Å². The lowest BCUT2D eigenvalue weighted by molar-refractivity contribution is -0.143. The summed E-state index contributed by atoms with van der Waals surface area (Å²) in [5, 5.41) is 9.14. The van der Waals surface area contributed by atoms with Gasteiger partial charge in [0.1, 0.15) is 0 Å². The molecular formula is C12H20N2O3S. The van der Waals surface area contributed by atoms with Gasteiger partial charge in [0, 0.05) is 12.1 Å². The molecule has 0 spiro atoms. The van der Waals surface area contributed by atoms with E-state index in [4.69, 9.17) is 10.8 Å². The largest absolute Gasteiger partial charge is 0.481 e. The molecule has 0 aromatic rings. The maximum Gasteiger partial charge on any atom is 0.308 e. The predicted octanol–water partition coefficient (Wildman–Crippen LogP) is 0.531. The van der Waals surface area contributed by atoms with Gasteiger partial charge < -0.3 is 15.7 Å². The van der Waals surface area contributed by atoms with Crippen molar-refractivity contribution in [3.8, 4) is 0 Å². The molecule has 1 amide bonds. The Bertz CT molecular complexity index is 350. The molecule has 2 rings (SSSR count). The number of carboxylic acids is 1. The van der Waals surface area contributed by atoms with E-state index >= 15 is 0 Å². The van der Waals surface area contributed by atoms with Crippen molar-refractivity contribution in [1.82, 2.24) is 4.90 Å². The predicted molar refractivity (Wildman–Crippen MR) is 70.4 cm³/mol. The highest BCUT2D eigenvalue weighted by atomic mass is 32.2. The van der Waals surface area contributed by atoms with Crippen molar-refractivity contribution in [2.24, 2.45) is 11.7 Å². The fourth-order valence-electron chi connectivity index (χ4n) is 3.16. The molecule has 0 radical (unpaired) electrons. The maximum absolute atomic E-state index is 12.3. The van der Waals surface area contributed by atoms with E-state index in [1.54, 1.807) is 16.7 Å². The zero-order chi connectivity index (χ0) is 13.3. The molecule has 2 fully saturated rings. The Hall–Kier alpha value is -0.750. The minimum Gasteiger partial charge on any atom is -0.481 e. The summed E-state index contributed by atoms with van der Waals surface area (Å²) in [7, 11) is 0. The molecule has 0 aromatic carbocycles. The smallest absolute Gasteiger partial charge is 0.308 e. The number of nitrogens with two attached hydrogens (primary N) is 1. The number of carbonyl (C=O) groups is 2. The SMILES string of the molecule is CSCC[C@H](N)C(=O)N1C2CCC1C(C(=O)O)C2. The average molecular weight is 272 g/mol. The van der Waals surface area contributed by atoms with Gasteiger partial charge in [0.25, 0.3) is 0 Å². The number of fused-ring (bicyclic) bond motifs is 2. The number of carbonyl (C=O) groups excluding carboxylic acids is 1. The molecule has 3 unspecified atom stereocenters. The minimum atomic E-state index is -0.780. The van der Waals surface area contributed by atoms with Crippen LogP contribution in [0.15, 0.2) is 0 Å². The summed E-state index contributed by atoms with van der Waals surface area (Å²) in [5.41, 5.74) is 5.90. The van der Waals surface area contributed by atoms with Crippen LogP contribution >= 0.6 is 11.8 Å². The van der Waals surface area contributed by atoms with Crippen molar-refractivity contribution >= 4 is 23.6 Å². The topological polar surface area (TPSA) is 83.6 Å². The van der Waals surface area contributed by atoms with Crippen LogP contribution in [0.1, 0.15) is 25.7 Å². The zero-order valence-corrected chi connectivity index (χ0v) is 11.4. The molecule has 2 saturated heterocycles. The lowest BCUT2D eigenvalue weighted by atomic mass is 9.89. The van der Waals surface area contributed by atoms with Gasteiger partial charge in [-0.2, -0.15) is 11.8 Å². The maximum atomic E-state index is 12.3. The number of rotatable bonds is 5. The van der Waals surface area contributed by atoms with Gasteiger partial charge in [-0.25, -0.2) is 0 Å². The van der Waals surface area contributed by atoms with E-state index < -0.39 is 12.0 Å². The summed E-state index contributed by atoms with van der Waals surface area (Å²) < 4.78 is 0. The van der Waals surface area contributed by atoms with E-state index in [0.29, 0.717) is 12.8 Å². The monoisotopic (exact) mass is 272 g/mol. The first-order valence-electron chi connectivity index (χ1n) is 6.35. The number of amides is 1.